The zero-order valence-electron chi connectivity index (χ0n) is 10.9. The van der Waals surface area contributed by atoms with Gasteiger partial charge in [-0.3, -0.25) is 4.57 Å². The zero-order chi connectivity index (χ0) is 12.8. The highest BCUT2D eigenvalue weighted by Gasteiger charge is 2.03. The lowest BCUT2D eigenvalue weighted by Gasteiger charge is -2.10. The van der Waals surface area contributed by atoms with Gasteiger partial charge in [-0.25, -0.2) is 4.98 Å². The summed E-state index contributed by atoms with van der Waals surface area (Å²) in [5.74, 6) is 0.844. The number of anilines is 1. The van der Waals surface area contributed by atoms with Crippen molar-refractivity contribution in [2.24, 2.45) is 0 Å². The van der Waals surface area contributed by atoms with Crippen LogP contribution in [0.3, 0.4) is 0 Å². The van der Waals surface area contributed by atoms with Crippen LogP contribution in [0.2, 0.25) is 0 Å². The summed E-state index contributed by atoms with van der Waals surface area (Å²) in [4.78, 5) is 4.30. The van der Waals surface area contributed by atoms with Crippen LogP contribution < -0.4 is 5.32 Å². The Hall–Kier alpha value is -1.81. The fourth-order valence-electron chi connectivity index (χ4n) is 1.80. The second kappa shape index (κ2) is 6.21. The second-order valence-corrected chi connectivity index (χ2v) is 4.06. The number of ether oxygens (including phenoxy) is 1. The van der Waals surface area contributed by atoms with Crippen LogP contribution in [0, 0.1) is 0 Å². The van der Waals surface area contributed by atoms with E-state index < -0.39 is 0 Å². The van der Waals surface area contributed by atoms with Crippen molar-refractivity contribution in [2.75, 3.05) is 25.6 Å². The number of aromatic nitrogens is 2. The van der Waals surface area contributed by atoms with Gasteiger partial charge in [-0.2, -0.15) is 0 Å². The van der Waals surface area contributed by atoms with Crippen molar-refractivity contribution in [1.29, 1.82) is 0 Å². The number of benzene rings is 1. The molecular formula is C14H19N3O. The first kappa shape index (κ1) is 12.6. The van der Waals surface area contributed by atoms with Crippen LogP contribution in [0.5, 0.6) is 0 Å². The van der Waals surface area contributed by atoms with E-state index in [-0.39, 0.29) is 0 Å². The molecule has 2 rings (SSSR count). The molecule has 0 spiro atoms. The van der Waals surface area contributed by atoms with Crippen molar-refractivity contribution >= 4 is 5.95 Å². The van der Waals surface area contributed by atoms with E-state index in [9.17, 15) is 0 Å². The average molecular weight is 245 g/mol. The van der Waals surface area contributed by atoms with Crippen LogP contribution in [-0.4, -0.2) is 29.8 Å². The summed E-state index contributed by atoms with van der Waals surface area (Å²) >= 11 is 0. The van der Waals surface area contributed by atoms with Gasteiger partial charge >= 0.3 is 0 Å². The summed E-state index contributed by atoms with van der Waals surface area (Å²) < 4.78 is 7.05. The van der Waals surface area contributed by atoms with Crippen LogP contribution in [0.25, 0.3) is 5.69 Å². The average Bonchev–Trinajstić information content (AvgIpc) is 2.88. The van der Waals surface area contributed by atoms with Crippen LogP contribution in [0.4, 0.5) is 5.95 Å². The van der Waals surface area contributed by atoms with Gasteiger partial charge in [0, 0.05) is 31.7 Å². The maximum atomic E-state index is 5.02. The third kappa shape index (κ3) is 2.90. The lowest BCUT2D eigenvalue weighted by molar-refractivity contribution is 0.210. The molecular weight excluding hydrogens is 226 g/mol. The predicted molar refractivity (Wildman–Crippen MR) is 73.3 cm³/mol. The van der Waals surface area contributed by atoms with Crippen molar-refractivity contribution in [1.82, 2.24) is 9.55 Å². The van der Waals surface area contributed by atoms with Crippen molar-refractivity contribution < 1.29 is 4.74 Å². The van der Waals surface area contributed by atoms with E-state index in [1.54, 1.807) is 13.3 Å². The van der Waals surface area contributed by atoms with Crippen molar-refractivity contribution in [3.63, 3.8) is 0 Å². The number of hydrogen-bond donors (Lipinski definition) is 1. The molecule has 2 aromatic rings. The second-order valence-electron chi connectivity index (χ2n) is 4.06. The smallest absolute Gasteiger partial charge is 0.207 e. The van der Waals surface area contributed by atoms with Gasteiger partial charge in [0.15, 0.2) is 0 Å². The molecule has 4 heteroatoms. The molecule has 0 bridgehead atoms. The molecule has 96 valence electrons. The molecule has 0 amide bonds. The molecule has 1 aromatic heterocycles. The van der Waals surface area contributed by atoms with Crippen molar-refractivity contribution in [2.45, 2.75) is 13.3 Å². The molecule has 0 aliphatic rings. The van der Waals surface area contributed by atoms with Crippen LogP contribution in [0.15, 0.2) is 36.7 Å². The minimum atomic E-state index is 0.668. The number of hydrogen-bond acceptors (Lipinski definition) is 3. The highest BCUT2D eigenvalue weighted by molar-refractivity contribution is 5.42. The molecule has 4 nitrogen and oxygen atoms in total. The number of nitrogens with one attached hydrogen (secondary N) is 1. The zero-order valence-corrected chi connectivity index (χ0v) is 10.9. The molecule has 0 unspecified atom stereocenters. The molecule has 0 radical (unpaired) electrons. The van der Waals surface area contributed by atoms with Crippen LogP contribution in [-0.2, 0) is 11.2 Å². The molecule has 1 heterocycles. The largest absolute Gasteiger partial charge is 0.383 e. The van der Waals surface area contributed by atoms with Gasteiger partial charge in [0.1, 0.15) is 0 Å². The third-order valence-electron chi connectivity index (χ3n) is 2.85. The molecule has 1 N–H and O–H groups in total. The van der Waals surface area contributed by atoms with Gasteiger partial charge in [-0.05, 0) is 24.1 Å². The first-order valence-corrected chi connectivity index (χ1v) is 6.20. The third-order valence-corrected chi connectivity index (χ3v) is 2.85. The van der Waals surface area contributed by atoms with Gasteiger partial charge < -0.3 is 10.1 Å². The van der Waals surface area contributed by atoms with Gasteiger partial charge in [-0.1, -0.05) is 19.1 Å². The molecule has 18 heavy (non-hydrogen) atoms. The van der Waals surface area contributed by atoms with Gasteiger partial charge in [-0.15, -0.1) is 0 Å². The van der Waals surface area contributed by atoms with E-state index in [2.05, 4.69) is 41.5 Å². The lowest BCUT2D eigenvalue weighted by atomic mass is 10.1. The van der Waals surface area contributed by atoms with E-state index >= 15 is 0 Å². The normalized spacial score (nSPS) is 10.6. The Kier molecular flexibility index (Phi) is 4.36. The fraction of sp³-hybridized carbons (Fsp3) is 0.357. The Morgan fingerprint density at radius 1 is 1.28 bits per heavy atom. The predicted octanol–water partition coefficient (Wildman–Crippen LogP) is 2.49. The Labute approximate surface area is 108 Å². The Morgan fingerprint density at radius 2 is 2.06 bits per heavy atom. The minimum absolute atomic E-state index is 0.668. The van der Waals surface area contributed by atoms with E-state index in [1.807, 2.05) is 10.8 Å². The molecule has 0 aliphatic heterocycles. The van der Waals surface area contributed by atoms with Crippen LogP contribution in [0.1, 0.15) is 12.5 Å². The maximum Gasteiger partial charge on any atom is 0.207 e. The van der Waals surface area contributed by atoms with Crippen molar-refractivity contribution in [3.8, 4) is 5.69 Å². The van der Waals surface area contributed by atoms with E-state index in [0.29, 0.717) is 6.61 Å². The highest BCUT2D eigenvalue weighted by Crippen LogP contribution is 2.15. The Balaban J connectivity index is 2.14. The number of imidazole rings is 1. The standard InChI is InChI=1S/C14H19N3O/c1-3-12-4-6-13(7-5-12)17-10-8-15-14(17)16-9-11-18-2/h4-8,10H,3,9,11H2,1-2H3,(H,15,16). The molecule has 0 saturated heterocycles. The molecule has 1 aromatic carbocycles. The highest BCUT2D eigenvalue weighted by atomic mass is 16.5. The first-order chi connectivity index (χ1) is 8.85. The summed E-state index contributed by atoms with van der Waals surface area (Å²) in [5, 5.41) is 3.25. The van der Waals surface area contributed by atoms with E-state index in [0.717, 1.165) is 24.6 Å². The summed E-state index contributed by atoms with van der Waals surface area (Å²) in [6.45, 7) is 3.58. The first-order valence-electron chi connectivity index (χ1n) is 6.20. The van der Waals surface area contributed by atoms with Gasteiger partial charge in [0.25, 0.3) is 0 Å². The molecule has 0 atom stereocenters. The minimum Gasteiger partial charge on any atom is -0.383 e. The summed E-state index contributed by atoms with van der Waals surface area (Å²) in [7, 11) is 1.69. The quantitative estimate of drug-likeness (QED) is 0.795. The van der Waals surface area contributed by atoms with E-state index in [1.165, 1.54) is 5.56 Å². The molecule has 0 fully saturated rings. The Morgan fingerprint density at radius 3 is 2.72 bits per heavy atom. The fourth-order valence-corrected chi connectivity index (χ4v) is 1.80. The monoisotopic (exact) mass is 245 g/mol. The number of rotatable bonds is 6. The maximum absolute atomic E-state index is 5.02. The summed E-state index contributed by atoms with van der Waals surface area (Å²) in [6.07, 6.45) is 4.81. The molecule has 0 saturated carbocycles. The topological polar surface area (TPSA) is 39.1 Å². The number of aryl methyl sites for hydroxylation is 1. The SMILES string of the molecule is CCc1ccc(-n2ccnc2NCCOC)cc1. The molecule has 0 aliphatic carbocycles. The number of nitrogens with zero attached hydrogens (tertiary/aromatic N) is 2. The Bertz CT molecular complexity index is 476. The summed E-state index contributed by atoms with van der Waals surface area (Å²) in [5.41, 5.74) is 2.46. The summed E-state index contributed by atoms with van der Waals surface area (Å²) in [6, 6.07) is 8.52. The van der Waals surface area contributed by atoms with Crippen LogP contribution >= 0.6 is 0 Å². The van der Waals surface area contributed by atoms with E-state index in [4.69, 9.17) is 4.74 Å². The lowest BCUT2D eigenvalue weighted by Crippen LogP contribution is -2.11. The number of methoxy groups -OCH3 is 1. The van der Waals surface area contributed by atoms with Gasteiger partial charge in [0.2, 0.25) is 5.95 Å². The van der Waals surface area contributed by atoms with Crippen molar-refractivity contribution in [3.05, 3.63) is 42.2 Å². The van der Waals surface area contributed by atoms with Gasteiger partial charge in [0.05, 0.1) is 6.61 Å².